The van der Waals surface area contributed by atoms with Crippen molar-refractivity contribution in [1.82, 2.24) is 10.6 Å². The minimum absolute atomic E-state index is 0.0618. The first-order valence-electron chi connectivity index (χ1n) is 10.5. The second kappa shape index (κ2) is 9.81. The number of ether oxygens (including phenoxy) is 2. The van der Waals surface area contributed by atoms with Crippen LogP contribution in [-0.4, -0.2) is 53.3 Å². The Kier molecular flexibility index (Phi) is 8.49. The zero-order chi connectivity index (χ0) is 23.3. The van der Waals surface area contributed by atoms with Gasteiger partial charge in [0.05, 0.1) is 19.3 Å². The van der Waals surface area contributed by atoms with Crippen LogP contribution in [0.2, 0.25) is 0 Å². The number of carbonyl (C=O) groups excluding carboxylic acids is 3. The van der Waals surface area contributed by atoms with E-state index in [2.05, 4.69) is 10.6 Å². The average molecular weight is 427 g/mol. The second-order valence-corrected chi connectivity index (χ2v) is 9.83. The molecule has 172 valence electrons. The lowest BCUT2D eigenvalue weighted by molar-refractivity contribution is -0.148. The molecule has 0 spiro atoms. The Morgan fingerprint density at radius 2 is 1.80 bits per heavy atom. The summed E-state index contributed by atoms with van der Waals surface area (Å²) in [6.45, 7) is 12.5. The first-order valence-corrected chi connectivity index (χ1v) is 10.5. The minimum atomic E-state index is -1.73. The Balaban J connectivity index is 3.41. The number of aliphatic hydroxyl groups excluding tert-OH is 1. The third-order valence-electron chi connectivity index (χ3n) is 5.01. The van der Waals surface area contributed by atoms with Gasteiger partial charge in [0.2, 0.25) is 0 Å². The standard InChI is InChI=1S/C22H38N2O6/c1-14(2)9-10-21(13-25)17(26)16(12-23-21)22(11-15(3)4,18(27)29-8)24-19(28)30-20(5,6)7/h12,14-15,23,25H,9-11,13H2,1-8H3,(H,24,28)/t21-,22-/m1/s1. The summed E-state index contributed by atoms with van der Waals surface area (Å²) in [5, 5.41) is 15.7. The fraction of sp³-hybridized carbons (Fsp3) is 0.773. The third-order valence-corrected chi connectivity index (χ3v) is 5.01. The summed E-state index contributed by atoms with van der Waals surface area (Å²) >= 11 is 0. The van der Waals surface area contributed by atoms with Crippen LogP contribution in [0.3, 0.4) is 0 Å². The summed E-state index contributed by atoms with van der Waals surface area (Å²) in [6.07, 6.45) is 1.83. The van der Waals surface area contributed by atoms with Gasteiger partial charge in [-0.05, 0) is 51.9 Å². The number of hydrogen-bond acceptors (Lipinski definition) is 7. The van der Waals surface area contributed by atoms with Crippen molar-refractivity contribution in [2.24, 2.45) is 11.8 Å². The number of amides is 1. The van der Waals surface area contributed by atoms with Crippen LogP contribution >= 0.6 is 0 Å². The summed E-state index contributed by atoms with van der Waals surface area (Å²) in [4.78, 5) is 39.1. The lowest BCUT2D eigenvalue weighted by Gasteiger charge is -2.36. The van der Waals surface area contributed by atoms with E-state index in [0.29, 0.717) is 18.8 Å². The van der Waals surface area contributed by atoms with E-state index >= 15 is 0 Å². The summed E-state index contributed by atoms with van der Waals surface area (Å²) in [7, 11) is 1.21. The van der Waals surface area contributed by atoms with E-state index in [1.165, 1.54) is 13.3 Å². The molecule has 0 bridgehead atoms. The minimum Gasteiger partial charge on any atom is -0.467 e. The highest BCUT2D eigenvalue weighted by atomic mass is 16.6. The Hall–Kier alpha value is -2.09. The largest absolute Gasteiger partial charge is 0.467 e. The van der Waals surface area contributed by atoms with Crippen molar-refractivity contribution in [2.45, 2.75) is 84.4 Å². The number of carbonyl (C=O) groups is 3. The monoisotopic (exact) mass is 426 g/mol. The molecule has 0 aliphatic carbocycles. The van der Waals surface area contributed by atoms with Crippen LogP contribution < -0.4 is 10.6 Å². The molecule has 0 aromatic heterocycles. The smallest absolute Gasteiger partial charge is 0.408 e. The van der Waals surface area contributed by atoms with Gasteiger partial charge in [0.15, 0.2) is 11.3 Å². The van der Waals surface area contributed by atoms with Crippen molar-refractivity contribution >= 4 is 17.8 Å². The average Bonchev–Trinajstić information content (AvgIpc) is 2.93. The van der Waals surface area contributed by atoms with E-state index in [-0.39, 0.29) is 17.9 Å². The highest BCUT2D eigenvalue weighted by Gasteiger charge is 2.55. The SMILES string of the molecule is COC(=O)[C@](CC(C)C)(NC(=O)OC(C)(C)C)C1=CN[C@@](CO)(CCC(C)C)C1=O. The third kappa shape index (κ3) is 5.97. The summed E-state index contributed by atoms with van der Waals surface area (Å²) < 4.78 is 10.4. The molecule has 1 rings (SSSR count). The van der Waals surface area contributed by atoms with E-state index in [0.717, 1.165) is 0 Å². The molecule has 8 heteroatoms. The molecule has 1 aliphatic rings. The Morgan fingerprint density at radius 1 is 1.20 bits per heavy atom. The maximum atomic E-state index is 13.5. The Bertz CT molecular complexity index is 680. The van der Waals surface area contributed by atoms with Gasteiger partial charge in [-0.3, -0.25) is 4.79 Å². The molecule has 0 aromatic carbocycles. The molecule has 1 amide bonds. The topological polar surface area (TPSA) is 114 Å². The van der Waals surface area contributed by atoms with Gasteiger partial charge in [-0.15, -0.1) is 0 Å². The van der Waals surface area contributed by atoms with Gasteiger partial charge in [0.1, 0.15) is 11.1 Å². The van der Waals surface area contributed by atoms with Gasteiger partial charge in [0.25, 0.3) is 0 Å². The fourth-order valence-corrected chi connectivity index (χ4v) is 3.57. The van der Waals surface area contributed by atoms with Gasteiger partial charge in [0, 0.05) is 6.20 Å². The number of nitrogens with one attached hydrogen (secondary N) is 2. The molecule has 1 aliphatic heterocycles. The number of hydrogen-bond donors (Lipinski definition) is 3. The molecule has 0 fully saturated rings. The molecule has 2 atom stereocenters. The highest BCUT2D eigenvalue weighted by Crippen LogP contribution is 2.36. The van der Waals surface area contributed by atoms with Gasteiger partial charge < -0.3 is 25.2 Å². The number of Topliss-reactive ketones (excluding diaryl/α,β-unsaturated/α-hetero) is 1. The van der Waals surface area contributed by atoms with Crippen LogP contribution in [0.25, 0.3) is 0 Å². The molecule has 0 saturated heterocycles. The van der Waals surface area contributed by atoms with Crippen LogP contribution in [0.4, 0.5) is 4.79 Å². The van der Waals surface area contributed by atoms with Gasteiger partial charge in [-0.1, -0.05) is 27.7 Å². The van der Waals surface area contributed by atoms with Crippen molar-refractivity contribution in [3.05, 3.63) is 11.8 Å². The first-order chi connectivity index (χ1) is 13.7. The van der Waals surface area contributed by atoms with Crippen molar-refractivity contribution < 1.29 is 29.0 Å². The van der Waals surface area contributed by atoms with E-state index in [9.17, 15) is 19.5 Å². The molecule has 0 radical (unpaired) electrons. The lowest BCUT2D eigenvalue weighted by Crippen LogP contribution is -2.60. The van der Waals surface area contributed by atoms with E-state index in [4.69, 9.17) is 9.47 Å². The lowest BCUT2D eigenvalue weighted by atomic mass is 9.76. The molecular formula is C22H38N2O6. The van der Waals surface area contributed by atoms with E-state index in [1.54, 1.807) is 20.8 Å². The van der Waals surface area contributed by atoms with Gasteiger partial charge in [-0.25, -0.2) is 9.59 Å². The van der Waals surface area contributed by atoms with Crippen molar-refractivity contribution in [3.63, 3.8) is 0 Å². The molecule has 0 unspecified atom stereocenters. The number of ketones is 1. The summed E-state index contributed by atoms with van der Waals surface area (Å²) in [5.74, 6) is -0.922. The zero-order valence-electron chi connectivity index (χ0n) is 19.5. The van der Waals surface area contributed by atoms with Crippen LogP contribution in [0.5, 0.6) is 0 Å². The normalized spacial score (nSPS) is 21.2. The second-order valence-electron chi connectivity index (χ2n) is 9.83. The van der Waals surface area contributed by atoms with Gasteiger partial charge in [-0.2, -0.15) is 0 Å². The Labute approximate surface area is 179 Å². The zero-order valence-corrected chi connectivity index (χ0v) is 19.5. The number of rotatable bonds is 9. The fourth-order valence-electron chi connectivity index (χ4n) is 3.57. The predicted octanol–water partition coefficient (Wildman–Crippen LogP) is 2.69. The van der Waals surface area contributed by atoms with Crippen molar-refractivity contribution in [2.75, 3.05) is 13.7 Å². The summed E-state index contributed by atoms with van der Waals surface area (Å²) in [5.41, 5.74) is -3.69. The maximum absolute atomic E-state index is 13.5. The van der Waals surface area contributed by atoms with Crippen LogP contribution in [-0.2, 0) is 19.1 Å². The predicted molar refractivity (Wildman–Crippen MR) is 114 cm³/mol. The molecule has 8 nitrogen and oxygen atoms in total. The van der Waals surface area contributed by atoms with E-state index < -0.39 is 41.1 Å². The number of methoxy groups -OCH3 is 1. The van der Waals surface area contributed by atoms with Gasteiger partial charge >= 0.3 is 12.1 Å². The molecule has 3 N–H and O–H groups in total. The number of esters is 1. The molecular weight excluding hydrogens is 388 g/mol. The Morgan fingerprint density at radius 3 is 2.23 bits per heavy atom. The summed E-state index contributed by atoms with van der Waals surface area (Å²) in [6, 6.07) is 0. The molecule has 0 saturated carbocycles. The van der Waals surface area contributed by atoms with Crippen LogP contribution in [0.15, 0.2) is 11.8 Å². The highest BCUT2D eigenvalue weighted by molar-refractivity contribution is 6.12. The van der Waals surface area contributed by atoms with Crippen LogP contribution in [0.1, 0.15) is 67.7 Å². The molecule has 1 heterocycles. The number of aliphatic hydroxyl groups is 1. The van der Waals surface area contributed by atoms with Crippen LogP contribution in [0, 0.1) is 11.8 Å². The number of alkyl carbamates (subject to hydrolysis) is 1. The van der Waals surface area contributed by atoms with Crippen molar-refractivity contribution in [1.29, 1.82) is 0 Å². The molecule has 30 heavy (non-hydrogen) atoms. The van der Waals surface area contributed by atoms with Crippen molar-refractivity contribution in [3.8, 4) is 0 Å². The first kappa shape index (κ1) is 25.9. The maximum Gasteiger partial charge on any atom is 0.408 e. The van der Waals surface area contributed by atoms with E-state index in [1.807, 2.05) is 27.7 Å². The quantitative estimate of drug-likeness (QED) is 0.486. The molecule has 0 aromatic rings.